The van der Waals surface area contributed by atoms with Crippen molar-refractivity contribution in [3.63, 3.8) is 0 Å². The normalized spacial score (nSPS) is 22.6. The summed E-state index contributed by atoms with van der Waals surface area (Å²) in [6, 6.07) is 12.1. The summed E-state index contributed by atoms with van der Waals surface area (Å²) in [5.74, 6) is 2.07. The minimum absolute atomic E-state index is 0.155. The molecule has 1 aromatic heterocycles. The summed E-state index contributed by atoms with van der Waals surface area (Å²) in [5.41, 5.74) is 1.28. The number of rotatable bonds is 4. The zero-order valence-corrected chi connectivity index (χ0v) is 14.3. The van der Waals surface area contributed by atoms with Gasteiger partial charge in [-0.2, -0.15) is 4.98 Å². The summed E-state index contributed by atoms with van der Waals surface area (Å²) in [4.78, 5) is 25.5. The number of hydrogen-bond acceptors (Lipinski definition) is 5. The molecule has 0 unspecified atom stereocenters. The first kappa shape index (κ1) is 15.9. The summed E-state index contributed by atoms with van der Waals surface area (Å²) >= 11 is 0. The molecule has 1 saturated heterocycles. The van der Waals surface area contributed by atoms with Crippen LogP contribution in [0.15, 0.2) is 42.6 Å². The van der Waals surface area contributed by atoms with Gasteiger partial charge in [-0.25, -0.2) is 4.98 Å². The Hall–Kier alpha value is -2.63. The van der Waals surface area contributed by atoms with Gasteiger partial charge in [0.15, 0.2) is 0 Å². The van der Waals surface area contributed by atoms with Crippen molar-refractivity contribution in [2.75, 3.05) is 38.2 Å². The predicted molar refractivity (Wildman–Crippen MR) is 94.7 cm³/mol. The van der Waals surface area contributed by atoms with E-state index in [-0.39, 0.29) is 5.92 Å². The molecule has 0 radical (unpaired) electrons. The topological polar surface area (TPSA) is 58.6 Å². The molecule has 6 nitrogen and oxygen atoms in total. The Kier molecular flexibility index (Phi) is 4.26. The SMILES string of the molecule is COc1ccnc(N2CCN(C(=O)[C@@H]3C[C@H]3c3ccccc3)CC2)n1. The van der Waals surface area contributed by atoms with E-state index in [4.69, 9.17) is 4.74 Å². The average molecular weight is 338 g/mol. The van der Waals surface area contributed by atoms with Crippen molar-refractivity contribution >= 4 is 11.9 Å². The molecule has 4 rings (SSSR count). The van der Waals surface area contributed by atoms with Crippen LogP contribution in [-0.4, -0.2) is 54.1 Å². The lowest BCUT2D eigenvalue weighted by Gasteiger charge is -2.35. The van der Waals surface area contributed by atoms with Crippen LogP contribution in [0, 0.1) is 5.92 Å². The first-order valence-corrected chi connectivity index (χ1v) is 8.72. The van der Waals surface area contributed by atoms with Gasteiger partial charge in [-0.05, 0) is 17.9 Å². The summed E-state index contributed by atoms with van der Waals surface area (Å²) in [6.07, 6.45) is 2.68. The summed E-state index contributed by atoms with van der Waals surface area (Å²) in [5, 5.41) is 0. The minimum atomic E-state index is 0.155. The van der Waals surface area contributed by atoms with Gasteiger partial charge >= 0.3 is 0 Å². The largest absolute Gasteiger partial charge is 0.481 e. The van der Waals surface area contributed by atoms with Crippen LogP contribution >= 0.6 is 0 Å². The molecule has 0 bridgehead atoms. The maximum absolute atomic E-state index is 12.7. The van der Waals surface area contributed by atoms with E-state index in [1.165, 1.54) is 5.56 Å². The van der Waals surface area contributed by atoms with E-state index in [0.717, 1.165) is 32.6 Å². The smallest absolute Gasteiger partial charge is 0.228 e. The van der Waals surface area contributed by atoms with Crippen molar-refractivity contribution in [3.8, 4) is 5.88 Å². The van der Waals surface area contributed by atoms with Crippen molar-refractivity contribution < 1.29 is 9.53 Å². The van der Waals surface area contributed by atoms with Crippen molar-refractivity contribution in [1.82, 2.24) is 14.9 Å². The van der Waals surface area contributed by atoms with E-state index in [2.05, 4.69) is 27.0 Å². The third-order valence-electron chi connectivity index (χ3n) is 5.04. The van der Waals surface area contributed by atoms with E-state index in [9.17, 15) is 4.79 Å². The molecule has 2 atom stereocenters. The molecule has 2 aliphatic rings. The van der Waals surface area contributed by atoms with Crippen molar-refractivity contribution in [2.45, 2.75) is 12.3 Å². The first-order valence-electron chi connectivity index (χ1n) is 8.72. The zero-order valence-electron chi connectivity index (χ0n) is 14.3. The van der Waals surface area contributed by atoms with Crippen LogP contribution in [0.4, 0.5) is 5.95 Å². The molecule has 0 spiro atoms. The second-order valence-electron chi connectivity index (χ2n) is 6.57. The van der Waals surface area contributed by atoms with E-state index < -0.39 is 0 Å². The van der Waals surface area contributed by atoms with Crippen LogP contribution in [0.5, 0.6) is 5.88 Å². The minimum Gasteiger partial charge on any atom is -0.481 e. The van der Waals surface area contributed by atoms with Crippen LogP contribution in [0.25, 0.3) is 0 Å². The summed E-state index contributed by atoms with van der Waals surface area (Å²) in [6.45, 7) is 2.94. The fourth-order valence-corrected chi connectivity index (χ4v) is 3.50. The van der Waals surface area contributed by atoms with E-state index in [1.807, 2.05) is 23.1 Å². The van der Waals surface area contributed by atoms with Gasteiger partial charge in [0.25, 0.3) is 0 Å². The van der Waals surface area contributed by atoms with Crippen molar-refractivity contribution in [1.29, 1.82) is 0 Å². The molecule has 6 heteroatoms. The number of methoxy groups -OCH3 is 1. The Labute approximate surface area is 147 Å². The highest BCUT2D eigenvalue weighted by Gasteiger charge is 2.46. The number of benzene rings is 1. The van der Waals surface area contributed by atoms with Gasteiger partial charge in [0.2, 0.25) is 17.7 Å². The lowest BCUT2D eigenvalue weighted by Crippen LogP contribution is -2.49. The standard InChI is InChI=1S/C19H22N4O2/c1-25-17-7-8-20-19(21-17)23-11-9-22(10-12-23)18(24)16-13-15(16)14-5-3-2-4-6-14/h2-8,15-16H,9-13H2,1H3/t15-,16+/m0/s1. The average Bonchev–Trinajstić information content (AvgIpc) is 3.49. The number of ether oxygens (including phenoxy) is 1. The molecule has 1 saturated carbocycles. The monoisotopic (exact) mass is 338 g/mol. The van der Waals surface area contributed by atoms with E-state index in [0.29, 0.717) is 23.7 Å². The number of aromatic nitrogens is 2. The molecule has 1 amide bonds. The number of piperazine rings is 1. The lowest BCUT2D eigenvalue weighted by atomic mass is 10.1. The van der Waals surface area contributed by atoms with Crippen LogP contribution in [0.2, 0.25) is 0 Å². The Morgan fingerprint density at radius 2 is 1.88 bits per heavy atom. The van der Waals surface area contributed by atoms with Gasteiger partial charge in [0.05, 0.1) is 7.11 Å². The van der Waals surface area contributed by atoms with Gasteiger partial charge in [-0.3, -0.25) is 4.79 Å². The maximum Gasteiger partial charge on any atom is 0.228 e. The summed E-state index contributed by atoms with van der Waals surface area (Å²) < 4.78 is 5.16. The van der Waals surface area contributed by atoms with Gasteiger partial charge in [-0.15, -0.1) is 0 Å². The Bertz CT molecular complexity index is 744. The second kappa shape index (κ2) is 6.70. The third-order valence-corrected chi connectivity index (χ3v) is 5.04. The number of hydrogen-bond donors (Lipinski definition) is 0. The Morgan fingerprint density at radius 1 is 1.12 bits per heavy atom. The van der Waals surface area contributed by atoms with Crippen molar-refractivity contribution in [3.05, 3.63) is 48.2 Å². The maximum atomic E-state index is 12.7. The number of carbonyl (C=O) groups excluding carboxylic acids is 1. The molecule has 1 aromatic carbocycles. The molecular weight excluding hydrogens is 316 g/mol. The van der Waals surface area contributed by atoms with Crippen LogP contribution < -0.4 is 9.64 Å². The highest BCUT2D eigenvalue weighted by molar-refractivity contribution is 5.83. The molecule has 25 heavy (non-hydrogen) atoms. The third kappa shape index (κ3) is 3.29. The van der Waals surface area contributed by atoms with Gasteiger partial charge in [0, 0.05) is 44.4 Å². The Morgan fingerprint density at radius 3 is 2.60 bits per heavy atom. The molecular formula is C19H22N4O2. The molecule has 2 fully saturated rings. The molecule has 2 heterocycles. The highest BCUT2D eigenvalue weighted by Crippen LogP contribution is 2.48. The first-order chi connectivity index (χ1) is 12.3. The second-order valence-corrected chi connectivity index (χ2v) is 6.57. The van der Waals surface area contributed by atoms with E-state index >= 15 is 0 Å². The number of carbonyl (C=O) groups is 1. The fraction of sp³-hybridized carbons (Fsp3) is 0.421. The summed E-state index contributed by atoms with van der Waals surface area (Å²) in [7, 11) is 1.60. The van der Waals surface area contributed by atoms with Gasteiger partial charge in [0.1, 0.15) is 0 Å². The highest BCUT2D eigenvalue weighted by atomic mass is 16.5. The number of anilines is 1. The quantitative estimate of drug-likeness (QED) is 0.853. The molecule has 1 aliphatic carbocycles. The predicted octanol–water partition coefficient (Wildman–Crippen LogP) is 1.94. The number of amides is 1. The molecule has 130 valence electrons. The van der Waals surface area contributed by atoms with Crippen LogP contribution in [0.3, 0.4) is 0 Å². The molecule has 0 N–H and O–H groups in total. The lowest BCUT2D eigenvalue weighted by molar-refractivity contribution is -0.133. The van der Waals surface area contributed by atoms with Crippen molar-refractivity contribution in [2.24, 2.45) is 5.92 Å². The van der Waals surface area contributed by atoms with Gasteiger partial charge in [-0.1, -0.05) is 30.3 Å². The van der Waals surface area contributed by atoms with E-state index in [1.54, 1.807) is 19.4 Å². The Balaban J connectivity index is 1.34. The molecule has 2 aromatic rings. The number of nitrogens with zero attached hydrogens (tertiary/aromatic N) is 4. The fourth-order valence-electron chi connectivity index (χ4n) is 3.50. The van der Waals surface area contributed by atoms with Gasteiger partial charge < -0.3 is 14.5 Å². The molecule has 1 aliphatic heterocycles. The zero-order chi connectivity index (χ0) is 17.2. The van der Waals surface area contributed by atoms with Crippen LogP contribution in [-0.2, 0) is 4.79 Å². The van der Waals surface area contributed by atoms with Crippen LogP contribution in [0.1, 0.15) is 17.9 Å².